The zero-order valence-electron chi connectivity index (χ0n) is 21.7. The Hall–Kier alpha value is -4.18. The van der Waals surface area contributed by atoms with E-state index in [0.29, 0.717) is 28.8 Å². The molecule has 0 radical (unpaired) electrons. The Morgan fingerprint density at radius 2 is 1.82 bits per heavy atom. The third-order valence-corrected chi connectivity index (χ3v) is 7.66. The maximum absolute atomic E-state index is 13.2. The molecule has 3 aromatic rings. The second-order valence-corrected chi connectivity index (χ2v) is 10.4. The largest absolute Gasteiger partial charge is 0.497 e. The van der Waals surface area contributed by atoms with Crippen LogP contribution in [0.5, 0.6) is 11.5 Å². The molecule has 10 heteroatoms. The summed E-state index contributed by atoms with van der Waals surface area (Å²) in [5.74, 6) is 0.188. The number of ether oxygens (including phenoxy) is 2. The predicted octanol–water partition coefficient (Wildman–Crippen LogP) is 5.33. The number of hydrogen-bond donors (Lipinski definition) is 1. The Balaban J connectivity index is 1.40. The summed E-state index contributed by atoms with van der Waals surface area (Å²) in [6.45, 7) is 2.02. The van der Waals surface area contributed by atoms with Crippen LogP contribution in [-0.2, 0) is 9.59 Å². The van der Waals surface area contributed by atoms with Crippen LogP contribution in [0.2, 0.25) is 0 Å². The van der Waals surface area contributed by atoms with Gasteiger partial charge in [0.1, 0.15) is 22.6 Å². The topological polar surface area (TPSA) is 92.6 Å². The Morgan fingerprint density at radius 3 is 2.51 bits per heavy atom. The van der Waals surface area contributed by atoms with E-state index in [0.717, 1.165) is 22.4 Å². The molecular formula is C29H27FN4O4S. The highest BCUT2D eigenvalue weighted by Crippen LogP contribution is 2.40. The number of carbonyl (C=O) groups excluding carboxylic acids is 2. The van der Waals surface area contributed by atoms with Crippen molar-refractivity contribution in [2.24, 2.45) is 10.1 Å². The van der Waals surface area contributed by atoms with Crippen molar-refractivity contribution in [3.8, 4) is 11.5 Å². The molecule has 2 heterocycles. The highest BCUT2D eigenvalue weighted by Gasteiger charge is 2.39. The summed E-state index contributed by atoms with van der Waals surface area (Å²) in [6.07, 6.45) is 0.479. The number of rotatable bonds is 7. The monoisotopic (exact) mass is 546 g/mol. The SMILES string of the molecule is COc1ccc(OC)c(C2=NN(C3=NC(=O)[C@@H](CC(=O)Nc4ccc(F)cc4)S3)[C@H](c3ccc(C)cc3)C2)c1. The van der Waals surface area contributed by atoms with Gasteiger partial charge in [-0.05, 0) is 55.0 Å². The molecule has 5 rings (SSSR count). The van der Waals surface area contributed by atoms with E-state index in [9.17, 15) is 14.0 Å². The smallest absolute Gasteiger partial charge is 0.262 e. The van der Waals surface area contributed by atoms with Crippen LogP contribution in [0.15, 0.2) is 76.8 Å². The van der Waals surface area contributed by atoms with E-state index in [2.05, 4.69) is 10.3 Å². The summed E-state index contributed by atoms with van der Waals surface area (Å²) in [4.78, 5) is 29.8. The number of carbonyl (C=O) groups is 2. The summed E-state index contributed by atoms with van der Waals surface area (Å²) in [5.41, 5.74) is 4.17. The first-order chi connectivity index (χ1) is 18.8. The van der Waals surface area contributed by atoms with Crippen molar-refractivity contribution in [3.63, 3.8) is 0 Å². The van der Waals surface area contributed by atoms with Crippen LogP contribution >= 0.6 is 11.8 Å². The minimum Gasteiger partial charge on any atom is -0.497 e. The van der Waals surface area contributed by atoms with Crippen molar-refractivity contribution in [2.45, 2.75) is 31.1 Å². The maximum Gasteiger partial charge on any atom is 0.262 e. The fourth-order valence-corrected chi connectivity index (χ4v) is 5.52. The van der Waals surface area contributed by atoms with Crippen LogP contribution in [0.25, 0.3) is 0 Å². The van der Waals surface area contributed by atoms with Gasteiger partial charge in [-0.1, -0.05) is 41.6 Å². The molecule has 1 N–H and O–H groups in total. The van der Waals surface area contributed by atoms with Gasteiger partial charge in [-0.2, -0.15) is 10.1 Å². The number of hydrogen-bond acceptors (Lipinski definition) is 7. The van der Waals surface area contributed by atoms with Gasteiger partial charge in [-0.25, -0.2) is 9.40 Å². The van der Waals surface area contributed by atoms with E-state index in [1.807, 2.05) is 49.4 Å². The lowest BCUT2D eigenvalue weighted by Crippen LogP contribution is -2.25. The lowest BCUT2D eigenvalue weighted by molar-refractivity contribution is -0.121. The molecule has 0 aromatic heterocycles. The number of amides is 2. The summed E-state index contributed by atoms with van der Waals surface area (Å²) >= 11 is 1.22. The molecule has 2 atom stereocenters. The number of nitrogens with zero attached hydrogens (tertiary/aromatic N) is 3. The van der Waals surface area contributed by atoms with Gasteiger partial charge in [0.15, 0.2) is 5.17 Å². The molecule has 200 valence electrons. The molecule has 0 unspecified atom stereocenters. The Morgan fingerprint density at radius 1 is 1.08 bits per heavy atom. The second-order valence-electron chi connectivity index (χ2n) is 9.19. The Labute approximate surface area is 229 Å². The molecule has 0 saturated carbocycles. The van der Waals surface area contributed by atoms with Gasteiger partial charge in [-0.15, -0.1) is 0 Å². The third kappa shape index (κ3) is 5.80. The molecule has 3 aromatic carbocycles. The Kier molecular flexibility index (Phi) is 7.65. The van der Waals surface area contributed by atoms with Crippen molar-refractivity contribution in [3.05, 3.63) is 89.2 Å². The van der Waals surface area contributed by atoms with Crippen molar-refractivity contribution in [1.82, 2.24) is 5.01 Å². The van der Waals surface area contributed by atoms with E-state index in [-0.39, 0.29) is 18.4 Å². The van der Waals surface area contributed by atoms with Crippen molar-refractivity contribution >= 4 is 40.1 Å². The number of aryl methyl sites for hydroxylation is 1. The molecule has 2 amide bonds. The maximum atomic E-state index is 13.2. The van der Waals surface area contributed by atoms with Crippen LogP contribution in [0.1, 0.15) is 35.6 Å². The standard InChI is InChI=1S/C29H27FN4O4S/c1-17-4-6-18(7-5-17)24-15-23(22-14-21(37-2)12-13-25(22)38-3)33-34(24)29-32-28(36)26(39-29)16-27(35)31-20-10-8-19(30)9-11-20/h4-14,24,26H,15-16H2,1-3H3,(H,31,35)/t24-,26+/m0/s1. The quantitative estimate of drug-likeness (QED) is 0.431. The van der Waals surface area contributed by atoms with Gasteiger partial charge in [0.25, 0.3) is 5.91 Å². The number of methoxy groups -OCH3 is 2. The third-order valence-electron chi connectivity index (χ3n) is 6.51. The molecule has 8 nitrogen and oxygen atoms in total. The van der Waals surface area contributed by atoms with E-state index < -0.39 is 17.0 Å². The Bertz CT molecular complexity index is 1460. The van der Waals surface area contributed by atoms with Crippen LogP contribution in [0.4, 0.5) is 10.1 Å². The number of amidine groups is 1. The summed E-state index contributed by atoms with van der Waals surface area (Å²) in [7, 11) is 3.21. The average molecular weight is 547 g/mol. The number of anilines is 1. The van der Waals surface area contributed by atoms with E-state index >= 15 is 0 Å². The molecule has 0 spiro atoms. The zero-order chi connectivity index (χ0) is 27.5. The van der Waals surface area contributed by atoms with Gasteiger partial charge in [0.2, 0.25) is 5.91 Å². The van der Waals surface area contributed by atoms with Gasteiger partial charge < -0.3 is 14.8 Å². The first-order valence-corrected chi connectivity index (χ1v) is 13.2. The molecule has 39 heavy (non-hydrogen) atoms. The van der Waals surface area contributed by atoms with Crippen molar-refractivity contribution < 1.29 is 23.5 Å². The van der Waals surface area contributed by atoms with Crippen LogP contribution < -0.4 is 14.8 Å². The normalized spacial score (nSPS) is 18.6. The second kappa shape index (κ2) is 11.3. The zero-order valence-corrected chi connectivity index (χ0v) is 22.5. The molecule has 2 aliphatic rings. The van der Waals surface area contributed by atoms with Crippen molar-refractivity contribution in [1.29, 1.82) is 0 Å². The van der Waals surface area contributed by atoms with Crippen LogP contribution in [0.3, 0.4) is 0 Å². The molecule has 0 aliphatic carbocycles. The number of halogens is 1. The van der Waals surface area contributed by atoms with Gasteiger partial charge in [-0.3, -0.25) is 9.59 Å². The van der Waals surface area contributed by atoms with E-state index in [4.69, 9.17) is 14.6 Å². The minimum absolute atomic E-state index is 0.0722. The lowest BCUT2D eigenvalue weighted by atomic mass is 9.97. The molecule has 0 saturated heterocycles. The average Bonchev–Trinajstić information content (AvgIpc) is 3.54. The number of benzene rings is 3. The molecule has 2 aliphatic heterocycles. The predicted molar refractivity (Wildman–Crippen MR) is 150 cm³/mol. The summed E-state index contributed by atoms with van der Waals surface area (Å²) in [5, 5.41) is 9.11. The highest BCUT2D eigenvalue weighted by atomic mass is 32.2. The molecular weight excluding hydrogens is 519 g/mol. The molecule has 0 fully saturated rings. The van der Waals surface area contributed by atoms with Crippen molar-refractivity contribution in [2.75, 3.05) is 19.5 Å². The van der Waals surface area contributed by atoms with Crippen LogP contribution in [0, 0.1) is 12.7 Å². The van der Waals surface area contributed by atoms with E-state index in [1.165, 1.54) is 36.0 Å². The number of aliphatic imine (C=N–C) groups is 1. The van der Waals surface area contributed by atoms with Gasteiger partial charge >= 0.3 is 0 Å². The lowest BCUT2D eigenvalue weighted by Gasteiger charge is -2.23. The fourth-order valence-electron chi connectivity index (χ4n) is 4.46. The highest BCUT2D eigenvalue weighted by molar-refractivity contribution is 8.15. The van der Waals surface area contributed by atoms with Gasteiger partial charge in [0.05, 0.1) is 26.0 Å². The van der Waals surface area contributed by atoms with Crippen LogP contribution in [-0.4, -0.2) is 47.2 Å². The molecule has 0 bridgehead atoms. The summed E-state index contributed by atoms with van der Waals surface area (Å²) in [6, 6.07) is 19.0. The first-order valence-electron chi connectivity index (χ1n) is 12.3. The summed E-state index contributed by atoms with van der Waals surface area (Å²) < 4.78 is 24.2. The first kappa shape index (κ1) is 26.4. The number of nitrogens with one attached hydrogen (secondary N) is 1. The minimum atomic E-state index is -0.690. The van der Waals surface area contributed by atoms with E-state index in [1.54, 1.807) is 19.2 Å². The van der Waals surface area contributed by atoms with Gasteiger partial charge in [0, 0.05) is 24.1 Å². The number of hydrazone groups is 1. The fraction of sp³-hybridized carbons (Fsp3) is 0.241. The number of thioether (sulfide) groups is 1.